The maximum Gasteiger partial charge on any atom is 0.0464 e. The normalized spacial score (nSPS) is 0.800. The van der Waals surface area contributed by atoms with E-state index in [9.17, 15) is 0 Å². The second-order valence-corrected chi connectivity index (χ2v) is 0. The Morgan fingerprint density at radius 3 is 1.20 bits per heavy atom. The van der Waals surface area contributed by atoms with Crippen molar-refractivity contribution in [1.29, 1.82) is 0 Å². The quantitative estimate of drug-likeness (QED) is 0.346. The van der Waals surface area contributed by atoms with Crippen molar-refractivity contribution in [1.82, 2.24) is 0 Å². The Hall–Kier alpha value is 2.14. The van der Waals surface area contributed by atoms with Gasteiger partial charge in [-0.3, -0.25) is 0 Å². The van der Waals surface area contributed by atoms with E-state index in [1.165, 1.54) is 0 Å². The van der Waals surface area contributed by atoms with Crippen LogP contribution in [0.3, 0.4) is 0 Å². The Morgan fingerprint density at radius 1 is 1.20 bits per heavy atom. The van der Waals surface area contributed by atoms with Gasteiger partial charge >= 0.3 is 18.9 Å². The standard InChI is InChI=1S/ClH.HI.Li.PS.H/c;;;1-2;/h2*1H;;;. The predicted molar refractivity (Wildman–Crippen MR) is 44.1 cm³/mol. The maximum atomic E-state index is 3.78. The summed E-state index contributed by atoms with van der Waals surface area (Å²) >= 11 is 3.78. The minimum Gasteiger partial charge on any atom is -0.0464 e. The van der Waals surface area contributed by atoms with Crippen molar-refractivity contribution in [3.63, 3.8) is 0 Å². The zero-order chi connectivity index (χ0) is 2.00. The molecule has 0 atom stereocenters. The second kappa shape index (κ2) is 35.5. The van der Waals surface area contributed by atoms with Gasteiger partial charge in [0.25, 0.3) is 0 Å². The molecular weight excluding hydrogens is 232 g/mol. The van der Waals surface area contributed by atoms with Crippen LogP contribution in [0.1, 0.15) is 0 Å². The van der Waals surface area contributed by atoms with Crippen molar-refractivity contribution < 1.29 is 0 Å². The van der Waals surface area contributed by atoms with Crippen LogP contribution in [0.2, 0.25) is 0 Å². The van der Waals surface area contributed by atoms with Crippen LogP contribution in [-0.2, 0) is 11.8 Å². The second-order valence-electron chi connectivity index (χ2n) is 0. The molecule has 0 nitrogen and oxygen atoms in total. The predicted octanol–water partition coefficient (Wildman–Crippen LogP) is 1.25. The van der Waals surface area contributed by atoms with E-state index in [1.807, 2.05) is 0 Å². The average molecular weight is 235 g/mol. The Balaban J connectivity index is -0.00000000167. The summed E-state index contributed by atoms with van der Waals surface area (Å²) in [5.41, 5.74) is 0. The molecule has 0 spiro atoms. The Morgan fingerprint density at radius 2 is 1.20 bits per heavy atom. The summed E-state index contributed by atoms with van der Waals surface area (Å²) in [6.45, 7) is 0. The molecule has 0 aromatic rings. The van der Waals surface area contributed by atoms with Gasteiger partial charge < -0.3 is 0 Å². The third-order valence-corrected chi connectivity index (χ3v) is 0. The van der Waals surface area contributed by atoms with Crippen LogP contribution in [0, 0.1) is 0 Å². The largest absolute Gasteiger partial charge is 0.0464 e. The van der Waals surface area contributed by atoms with E-state index in [0.29, 0.717) is 0 Å². The molecule has 0 aliphatic heterocycles. The van der Waals surface area contributed by atoms with Crippen LogP contribution in [0.4, 0.5) is 0 Å². The zero-order valence-electron chi connectivity index (χ0n) is 1.67. The van der Waals surface area contributed by atoms with Gasteiger partial charge in [-0.2, -0.15) is 0 Å². The molecule has 29 valence electrons. The van der Waals surface area contributed by atoms with Crippen LogP contribution >= 0.6 is 44.4 Å². The SMILES string of the molecule is Cl.I.[LiH].[P]=S. The first kappa shape index (κ1) is 27.3. The minimum absolute atomic E-state index is 0. The van der Waals surface area contributed by atoms with Gasteiger partial charge in [0, 0.05) is 8.02 Å². The zero-order valence-corrected chi connectivity index (χ0v) is 6.53. The van der Waals surface area contributed by atoms with E-state index in [-0.39, 0.29) is 55.2 Å². The molecule has 0 fully saturated rings. The van der Waals surface area contributed by atoms with E-state index in [1.54, 1.807) is 0 Å². The first-order chi connectivity index (χ1) is 1.00. The monoisotopic (exact) mass is 235 g/mol. The number of hydrogen-bond acceptors (Lipinski definition) is 1. The summed E-state index contributed by atoms with van der Waals surface area (Å²) in [5, 5.41) is 0. The van der Waals surface area contributed by atoms with Gasteiger partial charge in [0.1, 0.15) is 0 Å². The molecule has 0 aliphatic rings. The van der Waals surface area contributed by atoms with E-state index < -0.39 is 0 Å². The third kappa shape index (κ3) is 23.0. The fourth-order valence-electron chi connectivity index (χ4n) is 0. The molecule has 0 unspecified atom stereocenters. The molecule has 1 radical (unpaired) electrons. The first-order valence-electron chi connectivity index (χ1n) is 0.183. The average Bonchev–Trinajstić information content (AvgIpc) is 1.00. The summed E-state index contributed by atoms with van der Waals surface area (Å²) in [4.78, 5) is 0. The molecule has 0 heterocycles. The van der Waals surface area contributed by atoms with Crippen LogP contribution in [0.25, 0.3) is 0 Å². The van der Waals surface area contributed by atoms with Gasteiger partial charge in [-0.05, 0) is 11.8 Å². The summed E-state index contributed by atoms with van der Waals surface area (Å²) < 4.78 is 0. The number of rotatable bonds is 0. The van der Waals surface area contributed by atoms with Crippen molar-refractivity contribution in [2.75, 3.05) is 0 Å². The van der Waals surface area contributed by atoms with Crippen molar-refractivity contribution in [3.05, 3.63) is 0 Å². The topological polar surface area (TPSA) is 0 Å². The molecule has 0 saturated carbocycles. The minimum atomic E-state index is 0. The summed E-state index contributed by atoms with van der Waals surface area (Å²) in [6, 6.07) is 0. The van der Waals surface area contributed by atoms with Crippen LogP contribution in [0.5, 0.6) is 0 Å². The van der Waals surface area contributed by atoms with Crippen molar-refractivity contribution >= 4 is 75.1 Å². The Kier molecular flexibility index (Phi) is 194. The van der Waals surface area contributed by atoms with Crippen LogP contribution in [0.15, 0.2) is 0 Å². The molecular formula is H3ClILiPS. The molecule has 0 aliphatic carbocycles. The van der Waals surface area contributed by atoms with E-state index in [0.717, 1.165) is 0 Å². The number of hydrogen-bond donors (Lipinski definition) is 0. The van der Waals surface area contributed by atoms with E-state index in [2.05, 4.69) is 19.8 Å². The summed E-state index contributed by atoms with van der Waals surface area (Å²) in [6.07, 6.45) is 0. The third-order valence-electron chi connectivity index (χ3n) is 0. The van der Waals surface area contributed by atoms with E-state index >= 15 is 0 Å². The molecule has 0 N–H and O–H groups in total. The fraction of sp³-hybridized carbons (Fsp3) is 0. The van der Waals surface area contributed by atoms with Crippen LogP contribution in [-0.4, -0.2) is 18.9 Å². The Labute approximate surface area is 74.3 Å². The van der Waals surface area contributed by atoms with Gasteiger partial charge in [-0.15, -0.1) is 36.4 Å². The van der Waals surface area contributed by atoms with Gasteiger partial charge in [0.05, 0.1) is 0 Å². The molecule has 0 rings (SSSR count). The van der Waals surface area contributed by atoms with Gasteiger partial charge in [0.15, 0.2) is 0 Å². The smallest absolute Gasteiger partial charge is 0.0464 e. The fourth-order valence-corrected chi connectivity index (χ4v) is 0. The van der Waals surface area contributed by atoms with Crippen molar-refractivity contribution in [2.45, 2.75) is 0 Å². The molecule has 0 bridgehead atoms. The molecule has 0 amide bonds. The van der Waals surface area contributed by atoms with Gasteiger partial charge in [-0.1, -0.05) is 0 Å². The summed E-state index contributed by atoms with van der Waals surface area (Å²) in [5.74, 6) is 0. The van der Waals surface area contributed by atoms with Crippen molar-refractivity contribution in [3.8, 4) is 0 Å². The maximum absolute atomic E-state index is 3.78. The molecule has 5 heavy (non-hydrogen) atoms. The molecule has 5 heteroatoms. The van der Waals surface area contributed by atoms with E-state index in [4.69, 9.17) is 0 Å². The van der Waals surface area contributed by atoms with Crippen molar-refractivity contribution in [2.24, 2.45) is 0 Å². The van der Waals surface area contributed by atoms with Crippen LogP contribution < -0.4 is 0 Å². The molecule has 0 aromatic heterocycles. The number of halogens is 2. The van der Waals surface area contributed by atoms with Gasteiger partial charge in [0.2, 0.25) is 0 Å². The molecule has 0 aromatic carbocycles. The summed E-state index contributed by atoms with van der Waals surface area (Å²) in [7, 11) is 3.11. The first-order valence-corrected chi connectivity index (χ1v) is 1.64. The molecule has 0 saturated heterocycles. The Bertz CT molecular complexity index is 11.6. The van der Waals surface area contributed by atoms with Gasteiger partial charge in [-0.25, -0.2) is 0 Å².